The van der Waals surface area contributed by atoms with E-state index in [4.69, 9.17) is 4.74 Å². The Balaban J connectivity index is 1.68. The molecule has 0 aromatic carbocycles. The summed E-state index contributed by atoms with van der Waals surface area (Å²) in [6, 6.07) is 1.34. The maximum Gasteiger partial charge on any atom is 0.250 e. The van der Waals surface area contributed by atoms with Gasteiger partial charge in [0.1, 0.15) is 11.5 Å². The summed E-state index contributed by atoms with van der Waals surface area (Å²) in [7, 11) is 0. The van der Waals surface area contributed by atoms with Gasteiger partial charge in [0, 0.05) is 23.9 Å². The SMILES string of the molecule is CC(C)Oc1ncc(-c2cn3c(C4CC(C)(F)C4)nnc3cn2)cc1F. The fourth-order valence-electron chi connectivity index (χ4n) is 3.27. The molecule has 0 N–H and O–H groups in total. The van der Waals surface area contributed by atoms with Crippen LogP contribution in [0.4, 0.5) is 8.78 Å². The monoisotopic (exact) mass is 359 g/mol. The van der Waals surface area contributed by atoms with E-state index in [1.54, 1.807) is 37.6 Å². The molecule has 8 heteroatoms. The first-order chi connectivity index (χ1) is 12.3. The maximum absolute atomic E-state index is 14.2. The highest BCUT2D eigenvalue weighted by molar-refractivity contribution is 5.59. The molecule has 1 fully saturated rings. The molecule has 0 atom stereocenters. The average molecular weight is 359 g/mol. The highest BCUT2D eigenvalue weighted by Crippen LogP contribution is 2.46. The zero-order valence-electron chi connectivity index (χ0n) is 14.8. The summed E-state index contributed by atoms with van der Waals surface area (Å²) in [6.07, 6.45) is 5.49. The van der Waals surface area contributed by atoms with Crippen molar-refractivity contribution in [2.45, 2.75) is 51.3 Å². The Morgan fingerprint density at radius 1 is 1.23 bits per heavy atom. The molecule has 3 heterocycles. The van der Waals surface area contributed by atoms with E-state index in [1.807, 2.05) is 0 Å². The van der Waals surface area contributed by atoms with E-state index < -0.39 is 11.5 Å². The minimum absolute atomic E-state index is 0.0203. The van der Waals surface area contributed by atoms with Crippen molar-refractivity contribution in [2.75, 3.05) is 0 Å². The standard InChI is InChI=1S/C18H19F2N5O/c1-10(2)26-17-13(19)4-11(7-22-17)14-9-25-15(8-21-14)23-24-16(25)12-5-18(3,20)6-12/h4,7-10,12H,5-6H2,1-3H3. The summed E-state index contributed by atoms with van der Waals surface area (Å²) in [5, 5.41) is 8.27. The van der Waals surface area contributed by atoms with Gasteiger partial charge in [-0.3, -0.25) is 9.38 Å². The van der Waals surface area contributed by atoms with Crippen LogP contribution in [0, 0.1) is 5.82 Å². The molecular weight excluding hydrogens is 340 g/mol. The topological polar surface area (TPSA) is 65.2 Å². The zero-order valence-corrected chi connectivity index (χ0v) is 14.8. The Kier molecular flexibility index (Phi) is 3.86. The minimum atomic E-state index is -1.15. The van der Waals surface area contributed by atoms with E-state index in [9.17, 15) is 8.78 Å². The van der Waals surface area contributed by atoms with Crippen molar-refractivity contribution in [3.8, 4) is 17.1 Å². The van der Waals surface area contributed by atoms with Crippen molar-refractivity contribution in [3.63, 3.8) is 0 Å². The molecule has 0 radical (unpaired) electrons. The van der Waals surface area contributed by atoms with Crippen LogP contribution in [-0.2, 0) is 0 Å². The third-order valence-corrected chi connectivity index (χ3v) is 4.48. The third-order valence-electron chi connectivity index (χ3n) is 4.48. The number of nitrogens with zero attached hydrogens (tertiary/aromatic N) is 5. The highest BCUT2D eigenvalue weighted by Gasteiger charge is 2.43. The highest BCUT2D eigenvalue weighted by atomic mass is 19.1. The smallest absolute Gasteiger partial charge is 0.250 e. The fourth-order valence-corrected chi connectivity index (χ4v) is 3.27. The number of halogens is 2. The number of hydrogen-bond acceptors (Lipinski definition) is 5. The molecule has 0 bridgehead atoms. The van der Waals surface area contributed by atoms with Crippen LogP contribution in [0.1, 0.15) is 45.4 Å². The zero-order chi connectivity index (χ0) is 18.5. The van der Waals surface area contributed by atoms with Crippen LogP contribution in [0.2, 0.25) is 0 Å². The molecule has 0 spiro atoms. The molecule has 136 valence electrons. The Morgan fingerprint density at radius 3 is 2.65 bits per heavy atom. The van der Waals surface area contributed by atoms with Gasteiger partial charge >= 0.3 is 0 Å². The number of alkyl halides is 1. The van der Waals surface area contributed by atoms with Crippen molar-refractivity contribution < 1.29 is 13.5 Å². The Hall–Kier alpha value is -2.64. The molecule has 1 saturated carbocycles. The molecule has 0 saturated heterocycles. The largest absolute Gasteiger partial charge is 0.473 e. The Morgan fingerprint density at radius 2 is 2.00 bits per heavy atom. The summed E-state index contributed by atoms with van der Waals surface area (Å²) < 4.78 is 35.2. The van der Waals surface area contributed by atoms with Gasteiger partial charge in [-0.25, -0.2) is 13.8 Å². The molecule has 1 aliphatic carbocycles. The summed E-state index contributed by atoms with van der Waals surface area (Å²) in [4.78, 5) is 8.35. The van der Waals surface area contributed by atoms with Gasteiger partial charge in [0.15, 0.2) is 11.5 Å². The van der Waals surface area contributed by atoms with Crippen molar-refractivity contribution in [2.24, 2.45) is 0 Å². The normalized spacial score (nSPS) is 22.6. The average Bonchev–Trinajstić information content (AvgIpc) is 2.96. The predicted octanol–water partition coefficient (Wildman–Crippen LogP) is 3.72. The molecule has 0 amide bonds. The van der Waals surface area contributed by atoms with Crippen molar-refractivity contribution >= 4 is 5.65 Å². The summed E-state index contributed by atoms with van der Waals surface area (Å²) in [5.74, 6) is 0.139. The lowest BCUT2D eigenvalue weighted by Gasteiger charge is -2.37. The number of hydrogen-bond donors (Lipinski definition) is 0. The number of fused-ring (bicyclic) bond motifs is 1. The van der Waals surface area contributed by atoms with Crippen LogP contribution in [-0.4, -0.2) is 36.3 Å². The lowest BCUT2D eigenvalue weighted by Crippen LogP contribution is -2.36. The predicted molar refractivity (Wildman–Crippen MR) is 91.2 cm³/mol. The first kappa shape index (κ1) is 16.8. The second-order valence-electron chi connectivity index (χ2n) is 7.26. The second-order valence-corrected chi connectivity index (χ2v) is 7.26. The molecule has 3 aromatic rings. The molecule has 0 unspecified atom stereocenters. The number of ether oxygens (including phenoxy) is 1. The van der Waals surface area contributed by atoms with Gasteiger partial charge in [0.05, 0.1) is 18.0 Å². The van der Waals surface area contributed by atoms with Crippen molar-refractivity contribution in [1.29, 1.82) is 0 Å². The van der Waals surface area contributed by atoms with E-state index >= 15 is 0 Å². The van der Waals surface area contributed by atoms with Crippen LogP contribution in [0.5, 0.6) is 5.88 Å². The Labute approximate surface area is 149 Å². The summed E-state index contributed by atoms with van der Waals surface area (Å²) in [6.45, 7) is 5.21. The van der Waals surface area contributed by atoms with Gasteiger partial charge in [0.2, 0.25) is 0 Å². The van der Waals surface area contributed by atoms with Gasteiger partial charge < -0.3 is 4.74 Å². The van der Waals surface area contributed by atoms with Gasteiger partial charge in [-0.15, -0.1) is 10.2 Å². The van der Waals surface area contributed by atoms with E-state index in [1.165, 1.54) is 12.3 Å². The first-order valence-corrected chi connectivity index (χ1v) is 8.54. The lowest BCUT2D eigenvalue weighted by molar-refractivity contribution is 0.0578. The van der Waals surface area contributed by atoms with Crippen LogP contribution in [0.15, 0.2) is 24.7 Å². The molecule has 1 aliphatic rings. The van der Waals surface area contributed by atoms with Gasteiger partial charge in [-0.05, 0) is 39.7 Å². The third kappa shape index (κ3) is 3.00. The molecule has 26 heavy (non-hydrogen) atoms. The van der Waals surface area contributed by atoms with E-state index in [-0.39, 0.29) is 17.9 Å². The van der Waals surface area contributed by atoms with Crippen LogP contribution < -0.4 is 4.74 Å². The number of rotatable bonds is 4. The molecule has 0 aliphatic heterocycles. The van der Waals surface area contributed by atoms with Crippen molar-refractivity contribution in [1.82, 2.24) is 24.6 Å². The van der Waals surface area contributed by atoms with E-state index in [0.717, 1.165) is 0 Å². The molecule has 4 rings (SSSR count). The Bertz CT molecular complexity index is 961. The van der Waals surface area contributed by atoms with Crippen LogP contribution in [0.3, 0.4) is 0 Å². The molecule has 3 aromatic heterocycles. The minimum Gasteiger partial charge on any atom is -0.473 e. The maximum atomic E-state index is 14.2. The lowest BCUT2D eigenvalue weighted by atomic mass is 9.73. The number of aromatic nitrogens is 5. The van der Waals surface area contributed by atoms with E-state index in [0.29, 0.717) is 35.6 Å². The van der Waals surface area contributed by atoms with Gasteiger partial charge in [0.25, 0.3) is 5.88 Å². The van der Waals surface area contributed by atoms with Crippen LogP contribution >= 0.6 is 0 Å². The second kappa shape index (κ2) is 5.96. The fraction of sp³-hybridized carbons (Fsp3) is 0.444. The summed E-state index contributed by atoms with van der Waals surface area (Å²) in [5.41, 5.74) is 0.475. The van der Waals surface area contributed by atoms with Gasteiger partial charge in [-0.1, -0.05) is 0 Å². The molecular formula is C18H19F2N5O. The van der Waals surface area contributed by atoms with Crippen molar-refractivity contribution in [3.05, 3.63) is 36.3 Å². The van der Waals surface area contributed by atoms with Crippen LogP contribution in [0.25, 0.3) is 16.9 Å². The summed E-state index contributed by atoms with van der Waals surface area (Å²) >= 11 is 0. The quantitative estimate of drug-likeness (QED) is 0.710. The van der Waals surface area contributed by atoms with E-state index in [2.05, 4.69) is 20.2 Å². The number of pyridine rings is 1. The first-order valence-electron chi connectivity index (χ1n) is 8.54. The van der Waals surface area contributed by atoms with Gasteiger partial charge in [-0.2, -0.15) is 0 Å². The molecule has 6 nitrogen and oxygen atoms in total.